The van der Waals surface area contributed by atoms with Crippen molar-refractivity contribution in [2.75, 3.05) is 7.11 Å². The molecule has 1 atom stereocenters. The fourth-order valence-corrected chi connectivity index (χ4v) is 3.85. The van der Waals surface area contributed by atoms with Gasteiger partial charge >= 0.3 is 6.03 Å². The molecule has 0 unspecified atom stereocenters. The number of carbonyl (C=O) groups is 2. The predicted octanol–water partition coefficient (Wildman–Crippen LogP) is 2.36. The van der Waals surface area contributed by atoms with Gasteiger partial charge in [-0.2, -0.15) is 0 Å². The zero-order valence-electron chi connectivity index (χ0n) is 15.2. The van der Waals surface area contributed by atoms with Crippen molar-refractivity contribution in [1.29, 1.82) is 0 Å². The lowest BCUT2D eigenvalue weighted by Gasteiger charge is -2.20. The lowest BCUT2D eigenvalue weighted by atomic mass is 10.0. The van der Waals surface area contributed by atoms with E-state index in [0.29, 0.717) is 11.1 Å². The number of imide groups is 1. The molecule has 3 amide bonds. The third-order valence-corrected chi connectivity index (χ3v) is 5.47. The zero-order valence-corrected chi connectivity index (χ0v) is 16.0. The second-order valence-electron chi connectivity index (χ2n) is 6.51. The Morgan fingerprint density at radius 3 is 2.75 bits per heavy atom. The lowest BCUT2D eigenvalue weighted by molar-refractivity contribution is -0.122. The number of methoxy groups -OCH3 is 1. The first-order valence-electron chi connectivity index (χ1n) is 8.49. The molecule has 8 heteroatoms. The quantitative estimate of drug-likeness (QED) is 0.469. The van der Waals surface area contributed by atoms with Crippen LogP contribution in [-0.2, 0) is 11.3 Å². The Bertz CT molecular complexity index is 1170. The third kappa shape index (κ3) is 3.06. The molecular weight excluding hydrogens is 378 g/mol. The van der Waals surface area contributed by atoms with Crippen LogP contribution in [0.2, 0.25) is 0 Å². The molecule has 1 aliphatic rings. The molecule has 4 rings (SSSR count). The number of aryl methyl sites for hydroxylation is 1. The van der Waals surface area contributed by atoms with Gasteiger partial charge in [-0.1, -0.05) is 11.8 Å². The highest BCUT2D eigenvalue weighted by atomic mass is 32.1. The van der Waals surface area contributed by atoms with Crippen LogP contribution in [0, 0.1) is 18.8 Å². The summed E-state index contributed by atoms with van der Waals surface area (Å²) < 4.78 is 6.70. The molecule has 0 bridgehead atoms. The molecule has 0 radical (unpaired) electrons. The van der Waals surface area contributed by atoms with E-state index in [1.165, 1.54) is 15.9 Å². The number of hydrogen-bond acceptors (Lipinski definition) is 5. The van der Waals surface area contributed by atoms with E-state index in [2.05, 4.69) is 22.5 Å². The van der Waals surface area contributed by atoms with E-state index < -0.39 is 17.5 Å². The first-order valence-corrected chi connectivity index (χ1v) is 9.31. The number of nitrogens with one attached hydrogen (secondary N) is 2. The standard InChI is InChI=1S/C20H17N3O4S/c1-12-3-6-15(28-12)7-8-20(18(25)21-19(26)22-20)11-23-10-13-4-5-14(27-2)9-16(13)17(23)24/h3-6,9-10,24H,11H2,1-2H3,(H2,21,22,25,26)/t20-/m1/s1. The number of urea groups is 1. The van der Waals surface area contributed by atoms with Crippen molar-refractivity contribution in [3.05, 3.63) is 46.3 Å². The number of benzene rings is 1. The second kappa shape index (κ2) is 6.62. The topological polar surface area (TPSA) is 92.6 Å². The van der Waals surface area contributed by atoms with Crippen molar-refractivity contribution >= 4 is 34.0 Å². The maximum absolute atomic E-state index is 12.6. The first kappa shape index (κ1) is 17.9. The monoisotopic (exact) mass is 395 g/mol. The maximum Gasteiger partial charge on any atom is 0.323 e. The third-order valence-electron chi connectivity index (χ3n) is 4.56. The molecule has 28 heavy (non-hydrogen) atoms. The highest BCUT2D eigenvalue weighted by molar-refractivity contribution is 7.12. The molecule has 7 nitrogen and oxygen atoms in total. The Kier molecular flexibility index (Phi) is 4.24. The van der Waals surface area contributed by atoms with Crippen molar-refractivity contribution < 1.29 is 19.4 Å². The fraction of sp³-hybridized carbons (Fsp3) is 0.200. The van der Waals surface area contributed by atoms with E-state index in [-0.39, 0.29) is 12.4 Å². The van der Waals surface area contributed by atoms with Crippen LogP contribution in [0.4, 0.5) is 4.79 Å². The van der Waals surface area contributed by atoms with E-state index in [4.69, 9.17) is 4.74 Å². The summed E-state index contributed by atoms with van der Waals surface area (Å²) in [5.74, 6) is 5.90. The summed E-state index contributed by atoms with van der Waals surface area (Å²) in [5.41, 5.74) is -1.48. The largest absolute Gasteiger partial charge is 0.497 e. The van der Waals surface area contributed by atoms with Crippen LogP contribution in [0.3, 0.4) is 0 Å². The minimum absolute atomic E-state index is 0.0315. The minimum atomic E-state index is -1.48. The first-order chi connectivity index (χ1) is 13.4. The van der Waals surface area contributed by atoms with Crippen LogP contribution in [0.1, 0.15) is 9.75 Å². The van der Waals surface area contributed by atoms with Gasteiger partial charge < -0.3 is 19.7 Å². The van der Waals surface area contributed by atoms with E-state index >= 15 is 0 Å². The molecule has 0 spiro atoms. The average molecular weight is 395 g/mol. The summed E-state index contributed by atoms with van der Waals surface area (Å²) in [6, 6.07) is 8.49. The van der Waals surface area contributed by atoms with Crippen LogP contribution in [0.5, 0.6) is 11.6 Å². The van der Waals surface area contributed by atoms with Gasteiger partial charge in [0.15, 0.2) is 5.88 Å². The summed E-state index contributed by atoms with van der Waals surface area (Å²) in [6.45, 7) is 1.93. The van der Waals surface area contributed by atoms with Gasteiger partial charge in [0.05, 0.1) is 18.5 Å². The maximum atomic E-state index is 12.6. The summed E-state index contributed by atoms with van der Waals surface area (Å²) in [6.07, 6.45) is 1.71. The lowest BCUT2D eigenvalue weighted by Crippen LogP contribution is -2.49. The summed E-state index contributed by atoms with van der Waals surface area (Å²) in [5, 5.41) is 16.9. The van der Waals surface area contributed by atoms with Gasteiger partial charge in [0.25, 0.3) is 5.91 Å². The number of aromatic nitrogens is 1. The molecule has 0 saturated carbocycles. The van der Waals surface area contributed by atoms with Crippen molar-refractivity contribution in [3.63, 3.8) is 0 Å². The molecule has 1 fully saturated rings. The Morgan fingerprint density at radius 1 is 1.29 bits per heavy atom. The zero-order chi connectivity index (χ0) is 19.9. The van der Waals surface area contributed by atoms with Gasteiger partial charge in [0.1, 0.15) is 5.75 Å². The van der Waals surface area contributed by atoms with Crippen molar-refractivity contribution in [2.24, 2.45) is 0 Å². The molecular formula is C20H17N3O4S. The summed E-state index contributed by atoms with van der Waals surface area (Å²) in [4.78, 5) is 26.3. The number of rotatable bonds is 3. The Morgan fingerprint density at radius 2 is 2.11 bits per heavy atom. The Hall–Kier alpha value is -3.44. The van der Waals surface area contributed by atoms with Crippen molar-refractivity contribution in [3.8, 4) is 23.5 Å². The number of thiophene rings is 1. The molecule has 1 aromatic carbocycles. The van der Waals surface area contributed by atoms with E-state index in [1.807, 2.05) is 25.1 Å². The number of amides is 3. The number of carbonyl (C=O) groups excluding carboxylic acids is 2. The van der Waals surface area contributed by atoms with Crippen LogP contribution >= 0.6 is 11.3 Å². The molecule has 1 aliphatic heterocycles. The van der Waals surface area contributed by atoms with E-state index in [0.717, 1.165) is 15.1 Å². The molecule has 1 saturated heterocycles. The number of hydrogen-bond donors (Lipinski definition) is 3. The van der Waals surface area contributed by atoms with Gasteiger partial charge in [0.2, 0.25) is 5.54 Å². The van der Waals surface area contributed by atoms with Gasteiger partial charge in [-0.15, -0.1) is 11.3 Å². The van der Waals surface area contributed by atoms with Gasteiger partial charge in [-0.05, 0) is 37.3 Å². The van der Waals surface area contributed by atoms with Crippen LogP contribution in [0.25, 0.3) is 10.8 Å². The molecule has 2 aromatic heterocycles. The van der Waals surface area contributed by atoms with E-state index in [9.17, 15) is 14.7 Å². The van der Waals surface area contributed by atoms with Crippen LogP contribution in [-0.4, -0.2) is 34.3 Å². The highest BCUT2D eigenvalue weighted by Gasteiger charge is 2.46. The number of aromatic hydroxyl groups is 1. The van der Waals surface area contributed by atoms with E-state index in [1.54, 1.807) is 25.4 Å². The number of fused-ring (bicyclic) bond motifs is 1. The molecule has 142 valence electrons. The summed E-state index contributed by atoms with van der Waals surface area (Å²) >= 11 is 1.50. The van der Waals surface area contributed by atoms with Crippen molar-refractivity contribution in [2.45, 2.75) is 19.0 Å². The van der Waals surface area contributed by atoms with Gasteiger partial charge in [-0.25, -0.2) is 4.79 Å². The smallest absolute Gasteiger partial charge is 0.323 e. The Labute approximate surface area is 164 Å². The van der Waals surface area contributed by atoms with Gasteiger partial charge in [0, 0.05) is 21.8 Å². The summed E-state index contributed by atoms with van der Waals surface area (Å²) in [7, 11) is 1.55. The minimum Gasteiger partial charge on any atom is -0.497 e. The highest BCUT2D eigenvalue weighted by Crippen LogP contribution is 2.32. The molecule has 3 aromatic rings. The van der Waals surface area contributed by atoms with Crippen LogP contribution in [0.15, 0.2) is 36.5 Å². The molecule has 0 aliphatic carbocycles. The fourth-order valence-electron chi connectivity index (χ4n) is 3.13. The average Bonchev–Trinajstić information content (AvgIpc) is 3.30. The second-order valence-corrected chi connectivity index (χ2v) is 7.80. The van der Waals surface area contributed by atoms with Crippen LogP contribution < -0.4 is 15.4 Å². The predicted molar refractivity (Wildman–Crippen MR) is 105 cm³/mol. The number of ether oxygens (including phenoxy) is 1. The molecule has 3 heterocycles. The van der Waals surface area contributed by atoms with Gasteiger partial charge in [-0.3, -0.25) is 10.1 Å². The molecule has 3 N–H and O–H groups in total. The van der Waals surface area contributed by atoms with Crippen molar-refractivity contribution in [1.82, 2.24) is 15.2 Å². The Balaban J connectivity index is 1.76. The SMILES string of the molecule is COc1ccc2cn(C[C@@]3(C#Cc4ccc(C)s4)NC(=O)NC3=O)c(O)c2c1. The number of nitrogens with zero attached hydrogens (tertiary/aromatic N) is 1. The normalized spacial score (nSPS) is 18.5.